The Kier molecular flexibility index (Phi) is 6.21. The Bertz CT molecular complexity index is 985. The van der Waals surface area contributed by atoms with Gasteiger partial charge in [0.05, 0.1) is 28.4 Å². The molecule has 0 N–H and O–H groups in total. The number of halogens is 1. The summed E-state index contributed by atoms with van der Waals surface area (Å²) in [6, 6.07) is 13.4. The number of nitrogens with zero attached hydrogens (tertiary/aromatic N) is 2. The van der Waals surface area contributed by atoms with Crippen molar-refractivity contribution < 1.29 is 9.53 Å². The summed E-state index contributed by atoms with van der Waals surface area (Å²) in [6.45, 7) is 3.36. The van der Waals surface area contributed by atoms with Crippen LogP contribution in [-0.4, -0.2) is 35.9 Å². The fourth-order valence-electron chi connectivity index (χ4n) is 3.31. The van der Waals surface area contributed by atoms with E-state index in [0.29, 0.717) is 22.3 Å². The van der Waals surface area contributed by atoms with E-state index in [0.717, 1.165) is 40.3 Å². The van der Waals surface area contributed by atoms with Crippen molar-refractivity contribution in [3.8, 4) is 0 Å². The molecule has 1 atom stereocenters. The molecule has 2 aromatic carbocycles. The van der Waals surface area contributed by atoms with Crippen molar-refractivity contribution in [3.05, 3.63) is 53.1 Å². The first kappa shape index (κ1) is 19.7. The zero-order chi connectivity index (χ0) is 19.5. The van der Waals surface area contributed by atoms with Crippen molar-refractivity contribution in [3.63, 3.8) is 0 Å². The molecule has 1 unspecified atom stereocenters. The average molecular weight is 433 g/mol. The molecular weight excluding hydrogens is 412 g/mol. The Labute approximate surface area is 177 Å². The van der Waals surface area contributed by atoms with Gasteiger partial charge in [0, 0.05) is 16.5 Å². The molecule has 146 valence electrons. The highest BCUT2D eigenvalue weighted by atomic mass is 35.5. The largest absolute Gasteiger partial charge is 0.376 e. The van der Waals surface area contributed by atoms with Gasteiger partial charge in [-0.2, -0.15) is 0 Å². The van der Waals surface area contributed by atoms with Gasteiger partial charge in [0.2, 0.25) is 0 Å². The molecule has 1 aliphatic heterocycles. The van der Waals surface area contributed by atoms with Crippen LogP contribution < -0.4 is 4.90 Å². The Morgan fingerprint density at radius 1 is 1.36 bits per heavy atom. The molecule has 0 radical (unpaired) electrons. The van der Waals surface area contributed by atoms with Gasteiger partial charge in [0.15, 0.2) is 5.13 Å². The van der Waals surface area contributed by atoms with E-state index >= 15 is 0 Å². The van der Waals surface area contributed by atoms with Crippen LogP contribution >= 0.6 is 34.7 Å². The van der Waals surface area contributed by atoms with Crippen molar-refractivity contribution in [2.24, 2.45) is 0 Å². The summed E-state index contributed by atoms with van der Waals surface area (Å²) in [7, 11) is 0. The first-order chi connectivity index (χ1) is 13.7. The van der Waals surface area contributed by atoms with Crippen molar-refractivity contribution in [2.75, 3.05) is 23.8 Å². The number of hydrogen-bond donors (Lipinski definition) is 0. The van der Waals surface area contributed by atoms with Gasteiger partial charge in [-0.15, -0.1) is 11.8 Å². The molecule has 0 bridgehead atoms. The molecule has 1 aromatic heterocycles. The molecule has 28 heavy (non-hydrogen) atoms. The van der Waals surface area contributed by atoms with Crippen molar-refractivity contribution in [1.29, 1.82) is 0 Å². The Morgan fingerprint density at radius 3 is 3.00 bits per heavy atom. The summed E-state index contributed by atoms with van der Waals surface area (Å²) in [5, 5.41) is 1.36. The number of ether oxygens (including phenoxy) is 1. The number of amides is 1. The number of carbonyl (C=O) groups excluding carboxylic acids is 1. The lowest BCUT2D eigenvalue weighted by Crippen LogP contribution is -2.37. The van der Waals surface area contributed by atoms with Crippen LogP contribution in [0.15, 0.2) is 47.4 Å². The third kappa shape index (κ3) is 4.20. The summed E-state index contributed by atoms with van der Waals surface area (Å²) < 4.78 is 6.79. The zero-order valence-electron chi connectivity index (χ0n) is 15.6. The van der Waals surface area contributed by atoms with E-state index in [1.807, 2.05) is 42.5 Å². The van der Waals surface area contributed by atoms with Crippen LogP contribution in [0.3, 0.4) is 0 Å². The van der Waals surface area contributed by atoms with Gasteiger partial charge in [-0.1, -0.05) is 42.0 Å². The minimum Gasteiger partial charge on any atom is -0.376 e. The van der Waals surface area contributed by atoms with Crippen molar-refractivity contribution in [1.82, 2.24) is 4.98 Å². The number of anilines is 1. The molecule has 0 spiro atoms. The highest BCUT2D eigenvalue weighted by Gasteiger charge is 2.28. The number of thiazole rings is 1. The van der Waals surface area contributed by atoms with Crippen LogP contribution in [0.25, 0.3) is 10.2 Å². The molecule has 0 saturated carbocycles. The highest BCUT2D eigenvalue weighted by Crippen LogP contribution is 2.33. The molecule has 1 amide bonds. The topological polar surface area (TPSA) is 42.4 Å². The van der Waals surface area contributed by atoms with Crippen LogP contribution in [0.4, 0.5) is 5.13 Å². The first-order valence-electron chi connectivity index (χ1n) is 9.37. The smallest absolute Gasteiger partial charge is 0.261 e. The van der Waals surface area contributed by atoms with E-state index in [1.54, 1.807) is 16.7 Å². The van der Waals surface area contributed by atoms with Crippen LogP contribution in [0, 0.1) is 0 Å². The quantitative estimate of drug-likeness (QED) is 0.455. The Morgan fingerprint density at radius 2 is 2.21 bits per heavy atom. The maximum atomic E-state index is 13.6. The lowest BCUT2D eigenvalue weighted by molar-refractivity contribution is 0.0915. The maximum absolute atomic E-state index is 13.6. The van der Waals surface area contributed by atoms with Gasteiger partial charge >= 0.3 is 0 Å². The lowest BCUT2D eigenvalue weighted by Gasteiger charge is -2.24. The fraction of sp³-hybridized carbons (Fsp3) is 0.333. The average Bonchev–Trinajstić information content (AvgIpc) is 3.35. The van der Waals surface area contributed by atoms with Gasteiger partial charge in [-0.25, -0.2) is 4.98 Å². The second-order valence-corrected chi connectivity index (χ2v) is 9.34. The maximum Gasteiger partial charge on any atom is 0.261 e. The molecule has 0 aliphatic carbocycles. The molecular formula is C21H21ClN2O2S2. The minimum absolute atomic E-state index is 0.0304. The third-order valence-corrected chi connectivity index (χ3v) is 6.87. The molecule has 4 nitrogen and oxygen atoms in total. The second kappa shape index (κ2) is 8.82. The Hall–Kier alpha value is -1.60. The van der Waals surface area contributed by atoms with Gasteiger partial charge in [0.1, 0.15) is 0 Å². The molecule has 7 heteroatoms. The van der Waals surface area contributed by atoms with Crippen molar-refractivity contribution in [2.45, 2.75) is 30.8 Å². The standard InChI is InChI=1S/C21H21ClN2O2S2/c1-2-27-18-8-4-3-7-16(18)20(25)24(13-15-6-5-11-26-15)21-23-17-10-9-14(22)12-19(17)28-21/h3-4,7-10,12,15H,2,5-6,11,13H2,1H3. The summed E-state index contributed by atoms with van der Waals surface area (Å²) in [5.41, 5.74) is 1.57. The van der Waals surface area contributed by atoms with Crippen LogP contribution in [0.2, 0.25) is 5.02 Å². The number of benzene rings is 2. The van der Waals surface area contributed by atoms with Gasteiger partial charge < -0.3 is 4.74 Å². The molecule has 3 aromatic rings. The number of rotatable bonds is 6. The van der Waals surface area contributed by atoms with Gasteiger partial charge in [-0.3, -0.25) is 9.69 Å². The normalized spacial score (nSPS) is 16.6. The summed E-state index contributed by atoms with van der Waals surface area (Å²) in [6.07, 6.45) is 2.04. The molecule has 1 aliphatic rings. The van der Waals surface area contributed by atoms with E-state index in [-0.39, 0.29) is 12.0 Å². The number of thioether (sulfide) groups is 1. The van der Waals surface area contributed by atoms with E-state index < -0.39 is 0 Å². The van der Waals surface area contributed by atoms with E-state index in [2.05, 4.69) is 6.92 Å². The fourth-order valence-corrected chi connectivity index (χ4v) is 5.36. The number of fused-ring (bicyclic) bond motifs is 1. The lowest BCUT2D eigenvalue weighted by atomic mass is 10.1. The van der Waals surface area contributed by atoms with Gasteiger partial charge in [-0.05, 0) is 48.9 Å². The Balaban J connectivity index is 1.73. The molecule has 2 heterocycles. The predicted molar refractivity (Wildman–Crippen MR) is 118 cm³/mol. The zero-order valence-corrected chi connectivity index (χ0v) is 17.9. The van der Waals surface area contributed by atoms with E-state index in [4.69, 9.17) is 21.3 Å². The third-order valence-electron chi connectivity index (χ3n) is 4.64. The molecule has 1 fully saturated rings. The molecule has 4 rings (SSSR count). The number of carbonyl (C=O) groups is 1. The monoisotopic (exact) mass is 432 g/mol. The van der Waals surface area contributed by atoms with E-state index in [1.165, 1.54) is 11.3 Å². The first-order valence-corrected chi connectivity index (χ1v) is 11.5. The van der Waals surface area contributed by atoms with Crippen molar-refractivity contribution >= 4 is 56.0 Å². The highest BCUT2D eigenvalue weighted by molar-refractivity contribution is 7.99. The van der Waals surface area contributed by atoms with Crippen LogP contribution in [-0.2, 0) is 4.74 Å². The van der Waals surface area contributed by atoms with Crippen LogP contribution in [0.5, 0.6) is 0 Å². The number of hydrogen-bond acceptors (Lipinski definition) is 5. The van der Waals surface area contributed by atoms with Gasteiger partial charge in [0.25, 0.3) is 5.91 Å². The SMILES string of the molecule is CCSc1ccccc1C(=O)N(CC1CCCO1)c1nc2ccc(Cl)cc2s1. The molecule has 1 saturated heterocycles. The summed E-state index contributed by atoms with van der Waals surface area (Å²) in [5.74, 6) is 0.882. The van der Waals surface area contributed by atoms with Crippen LogP contribution in [0.1, 0.15) is 30.1 Å². The van der Waals surface area contributed by atoms with E-state index in [9.17, 15) is 4.79 Å². The summed E-state index contributed by atoms with van der Waals surface area (Å²) >= 11 is 9.31. The summed E-state index contributed by atoms with van der Waals surface area (Å²) in [4.78, 5) is 21.1. The predicted octanol–water partition coefficient (Wildman–Crippen LogP) is 5.89. The minimum atomic E-state index is -0.0304. The number of aromatic nitrogens is 1. The second-order valence-electron chi connectivity index (χ2n) is 6.59.